The molecule has 6 heteroatoms. The molecule has 0 bridgehead atoms. The highest BCUT2D eigenvalue weighted by Crippen LogP contribution is 2.28. The van der Waals surface area contributed by atoms with E-state index in [9.17, 15) is 8.94 Å². The molecule has 2 aromatic rings. The van der Waals surface area contributed by atoms with Crippen molar-refractivity contribution in [3.8, 4) is 11.1 Å². The average molecular weight is 393 g/mol. The molecule has 0 aliphatic carbocycles. The van der Waals surface area contributed by atoms with Gasteiger partial charge in [-0.3, -0.25) is 4.90 Å². The summed E-state index contributed by atoms with van der Waals surface area (Å²) in [4.78, 5) is 3.15. The molecule has 1 aliphatic heterocycles. The summed E-state index contributed by atoms with van der Waals surface area (Å²) in [6.07, 6.45) is 1.71. The van der Waals surface area contributed by atoms with Gasteiger partial charge in [0.05, 0.1) is 13.2 Å². The minimum Gasteiger partial charge on any atom is -0.612 e. The maximum atomic E-state index is 13.1. The van der Waals surface area contributed by atoms with Crippen molar-refractivity contribution >= 4 is 22.9 Å². The quantitative estimate of drug-likeness (QED) is 0.528. The van der Waals surface area contributed by atoms with Gasteiger partial charge in [0.25, 0.3) is 0 Å². The fourth-order valence-electron chi connectivity index (χ4n) is 2.85. The fourth-order valence-corrected chi connectivity index (χ4v) is 4.65. The van der Waals surface area contributed by atoms with Crippen molar-refractivity contribution in [2.24, 2.45) is 0 Å². The SMILES string of the molecule is C[S+]([O-])c1cc(-c2ccc(F)cc2)ccc1CSC[CH]N1CCOCC1. The molecule has 1 radical (unpaired) electrons. The lowest BCUT2D eigenvalue weighted by atomic mass is 10.0. The first-order valence-electron chi connectivity index (χ1n) is 8.58. The van der Waals surface area contributed by atoms with Crippen LogP contribution in [0.5, 0.6) is 0 Å². The molecule has 0 aromatic heterocycles. The molecule has 1 fully saturated rings. The van der Waals surface area contributed by atoms with Crippen LogP contribution in [0.25, 0.3) is 11.1 Å². The third-order valence-corrected chi connectivity index (χ3v) is 6.21. The van der Waals surface area contributed by atoms with Gasteiger partial charge in [0.2, 0.25) is 0 Å². The Morgan fingerprint density at radius 3 is 2.54 bits per heavy atom. The topological polar surface area (TPSA) is 35.5 Å². The van der Waals surface area contributed by atoms with E-state index in [1.165, 1.54) is 12.1 Å². The van der Waals surface area contributed by atoms with Crippen LogP contribution in [0.2, 0.25) is 0 Å². The lowest BCUT2D eigenvalue weighted by Crippen LogP contribution is -2.34. The summed E-state index contributed by atoms with van der Waals surface area (Å²) in [6, 6.07) is 12.4. The Labute approximate surface area is 162 Å². The zero-order chi connectivity index (χ0) is 18.4. The molecule has 1 heterocycles. The minimum absolute atomic E-state index is 0.252. The molecule has 1 unspecified atom stereocenters. The summed E-state index contributed by atoms with van der Waals surface area (Å²) >= 11 is 0.750. The van der Waals surface area contributed by atoms with Crippen molar-refractivity contribution in [3.05, 3.63) is 60.4 Å². The molecule has 0 spiro atoms. The van der Waals surface area contributed by atoms with Gasteiger partial charge < -0.3 is 9.29 Å². The number of hydrogen-bond donors (Lipinski definition) is 0. The molecule has 1 atom stereocenters. The van der Waals surface area contributed by atoms with Crippen LogP contribution in [0.4, 0.5) is 4.39 Å². The highest BCUT2D eigenvalue weighted by Gasteiger charge is 2.15. The van der Waals surface area contributed by atoms with Crippen LogP contribution < -0.4 is 0 Å². The summed E-state index contributed by atoms with van der Waals surface area (Å²) in [6.45, 7) is 5.73. The van der Waals surface area contributed by atoms with Crippen LogP contribution >= 0.6 is 11.8 Å². The zero-order valence-electron chi connectivity index (χ0n) is 14.8. The number of hydrogen-bond acceptors (Lipinski definition) is 4. The van der Waals surface area contributed by atoms with Crippen molar-refractivity contribution < 1.29 is 13.7 Å². The van der Waals surface area contributed by atoms with E-state index in [1.807, 2.05) is 30.0 Å². The van der Waals surface area contributed by atoms with Gasteiger partial charge in [0.15, 0.2) is 4.90 Å². The van der Waals surface area contributed by atoms with Crippen LogP contribution in [-0.4, -0.2) is 47.8 Å². The van der Waals surface area contributed by atoms with Gasteiger partial charge in [-0.1, -0.05) is 24.3 Å². The van der Waals surface area contributed by atoms with Crippen molar-refractivity contribution in [2.45, 2.75) is 10.6 Å². The van der Waals surface area contributed by atoms with E-state index in [0.717, 1.165) is 59.4 Å². The normalized spacial score (nSPS) is 16.6. The number of nitrogens with zero attached hydrogens (tertiary/aromatic N) is 1. The Hall–Kier alpha value is -1.05. The molecule has 1 saturated heterocycles. The van der Waals surface area contributed by atoms with E-state index in [-0.39, 0.29) is 5.82 Å². The third kappa shape index (κ3) is 5.47. The fraction of sp³-hybridized carbons (Fsp3) is 0.350. The Balaban J connectivity index is 1.62. The molecule has 1 aliphatic rings. The van der Waals surface area contributed by atoms with Gasteiger partial charge in [-0.15, -0.1) is 0 Å². The van der Waals surface area contributed by atoms with Crippen LogP contribution in [0.1, 0.15) is 5.56 Å². The molecule has 0 saturated carbocycles. The van der Waals surface area contributed by atoms with E-state index in [0.29, 0.717) is 0 Å². The Morgan fingerprint density at radius 2 is 1.85 bits per heavy atom. The molecule has 139 valence electrons. The van der Waals surface area contributed by atoms with Gasteiger partial charge in [-0.2, -0.15) is 11.8 Å². The highest BCUT2D eigenvalue weighted by atomic mass is 32.2. The van der Waals surface area contributed by atoms with Crippen molar-refractivity contribution in [1.29, 1.82) is 0 Å². The van der Waals surface area contributed by atoms with Gasteiger partial charge in [-0.05, 0) is 34.4 Å². The van der Waals surface area contributed by atoms with E-state index in [1.54, 1.807) is 18.4 Å². The standard InChI is InChI=1S/C20H23FNO2S2/c1-26(23)20-14-17(16-4-6-19(21)7-5-16)2-3-18(20)15-25-13-10-22-8-11-24-12-9-22/h2-7,10,14H,8-9,11-13,15H2,1H3. The Kier molecular flexibility index (Phi) is 7.40. The number of morpholine rings is 1. The zero-order valence-corrected chi connectivity index (χ0v) is 16.5. The van der Waals surface area contributed by atoms with Gasteiger partial charge >= 0.3 is 0 Å². The van der Waals surface area contributed by atoms with Gasteiger partial charge in [0.1, 0.15) is 12.1 Å². The average Bonchev–Trinajstić information content (AvgIpc) is 2.66. The molecule has 0 N–H and O–H groups in total. The van der Waals surface area contributed by atoms with Crippen LogP contribution in [0, 0.1) is 12.4 Å². The summed E-state index contributed by atoms with van der Waals surface area (Å²) in [7, 11) is 0. The number of halogens is 1. The maximum Gasteiger partial charge on any atom is 0.157 e. The lowest BCUT2D eigenvalue weighted by molar-refractivity contribution is 0.0522. The second-order valence-electron chi connectivity index (χ2n) is 6.13. The Bertz CT molecular complexity index is 703. The summed E-state index contributed by atoms with van der Waals surface area (Å²) in [5.41, 5.74) is 2.99. The van der Waals surface area contributed by atoms with Gasteiger partial charge in [-0.25, -0.2) is 4.39 Å². The number of thioether (sulfide) groups is 1. The van der Waals surface area contributed by atoms with E-state index in [4.69, 9.17) is 4.74 Å². The van der Waals surface area contributed by atoms with Crippen molar-refractivity contribution in [1.82, 2.24) is 4.90 Å². The van der Waals surface area contributed by atoms with E-state index >= 15 is 0 Å². The predicted octanol–water partition coefficient (Wildman–Crippen LogP) is 3.96. The predicted molar refractivity (Wildman–Crippen MR) is 107 cm³/mol. The second-order valence-corrected chi connectivity index (χ2v) is 8.51. The first-order valence-corrected chi connectivity index (χ1v) is 11.3. The molecule has 3 rings (SSSR count). The summed E-state index contributed by atoms with van der Waals surface area (Å²) in [5, 5.41) is 0. The van der Waals surface area contributed by atoms with Gasteiger partial charge in [0, 0.05) is 42.8 Å². The van der Waals surface area contributed by atoms with Crippen molar-refractivity contribution in [3.63, 3.8) is 0 Å². The summed E-state index contributed by atoms with van der Waals surface area (Å²) < 4.78 is 30.7. The molecular formula is C20H23FNO2S2. The molecule has 0 amide bonds. The molecule has 2 aromatic carbocycles. The maximum absolute atomic E-state index is 13.1. The first kappa shape index (κ1) is 19.7. The highest BCUT2D eigenvalue weighted by molar-refractivity contribution is 7.98. The summed E-state index contributed by atoms with van der Waals surface area (Å²) in [5.74, 6) is 1.49. The van der Waals surface area contributed by atoms with Crippen LogP contribution in [-0.2, 0) is 21.7 Å². The van der Waals surface area contributed by atoms with E-state index < -0.39 is 11.2 Å². The number of rotatable bonds is 7. The van der Waals surface area contributed by atoms with E-state index in [2.05, 4.69) is 11.4 Å². The first-order chi connectivity index (χ1) is 12.6. The van der Waals surface area contributed by atoms with Crippen LogP contribution in [0.15, 0.2) is 47.4 Å². The largest absolute Gasteiger partial charge is 0.612 e. The third-order valence-electron chi connectivity index (χ3n) is 4.31. The number of ether oxygens (including phenoxy) is 1. The monoisotopic (exact) mass is 392 g/mol. The lowest BCUT2D eigenvalue weighted by Gasteiger charge is -2.25. The molecular weight excluding hydrogens is 369 g/mol. The van der Waals surface area contributed by atoms with Crippen molar-refractivity contribution in [2.75, 3.05) is 38.3 Å². The molecule has 26 heavy (non-hydrogen) atoms. The molecule has 3 nitrogen and oxygen atoms in total. The second kappa shape index (κ2) is 9.76. The van der Waals surface area contributed by atoms with Crippen LogP contribution in [0.3, 0.4) is 0 Å². The minimum atomic E-state index is -1.06. The number of benzene rings is 2. The Morgan fingerprint density at radius 1 is 1.15 bits per heavy atom. The smallest absolute Gasteiger partial charge is 0.157 e.